The molecule has 80 valence electrons. The standard InChI is InChI=1S/C15H9NO/c1-2-12-3-7-14(8-4-12)17-15-9-5-13(11-16)6-10-15/h1,3-10H. The van der Waals surface area contributed by atoms with Crippen LogP contribution in [0.15, 0.2) is 48.5 Å². The molecule has 2 rings (SSSR count). The van der Waals surface area contributed by atoms with E-state index in [-0.39, 0.29) is 0 Å². The van der Waals surface area contributed by atoms with Crippen molar-refractivity contribution >= 4 is 0 Å². The van der Waals surface area contributed by atoms with Gasteiger partial charge in [-0.25, -0.2) is 0 Å². The Morgan fingerprint density at radius 2 is 1.29 bits per heavy atom. The minimum Gasteiger partial charge on any atom is -0.457 e. The van der Waals surface area contributed by atoms with E-state index in [0.717, 1.165) is 5.56 Å². The summed E-state index contributed by atoms with van der Waals surface area (Å²) in [5.41, 5.74) is 1.43. The van der Waals surface area contributed by atoms with E-state index in [4.69, 9.17) is 16.4 Å². The molecule has 0 unspecified atom stereocenters. The fraction of sp³-hybridized carbons (Fsp3) is 0. The highest BCUT2D eigenvalue weighted by Gasteiger charge is 1.97. The summed E-state index contributed by atoms with van der Waals surface area (Å²) in [5, 5.41) is 8.67. The Labute approximate surface area is 100 Å². The van der Waals surface area contributed by atoms with Crippen LogP contribution in [0.25, 0.3) is 0 Å². The van der Waals surface area contributed by atoms with Crippen molar-refractivity contribution in [1.82, 2.24) is 0 Å². The van der Waals surface area contributed by atoms with Crippen molar-refractivity contribution in [2.45, 2.75) is 0 Å². The molecule has 0 spiro atoms. The van der Waals surface area contributed by atoms with Crippen molar-refractivity contribution in [2.75, 3.05) is 0 Å². The van der Waals surface area contributed by atoms with Crippen molar-refractivity contribution in [3.05, 3.63) is 59.7 Å². The van der Waals surface area contributed by atoms with Crippen LogP contribution in [0.2, 0.25) is 0 Å². The quantitative estimate of drug-likeness (QED) is 0.726. The average molecular weight is 219 g/mol. The van der Waals surface area contributed by atoms with E-state index in [2.05, 4.69) is 12.0 Å². The van der Waals surface area contributed by atoms with Gasteiger partial charge in [-0.3, -0.25) is 0 Å². The molecule has 0 fully saturated rings. The topological polar surface area (TPSA) is 33.0 Å². The fourth-order valence-corrected chi connectivity index (χ4v) is 1.35. The number of terminal acetylenes is 1. The molecule has 2 aromatic carbocycles. The van der Waals surface area contributed by atoms with E-state index in [1.54, 1.807) is 24.3 Å². The summed E-state index contributed by atoms with van der Waals surface area (Å²) < 4.78 is 5.60. The van der Waals surface area contributed by atoms with Gasteiger partial charge in [0.1, 0.15) is 11.5 Å². The number of hydrogen-bond donors (Lipinski definition) is 0. The van der Waals surface area contributed by atoms with Crippen molar-refractivity contribution in [2.24, 2.45) is 0 Å². The lowest BCUT2D eigenvalue weighted by atomic mass is 10.2. The first-order valence-corrected chi connectivity index (χ1v) is 5.06. The fourth-order valence-electron chi connectivity index (χ4n) is 1.35. The van der Waals surface area contributed by atoms with Crippen LogP contribution in [0, 0.1) is 23.7 Å². The van der Waals surface area contributed by atoms with Crippen LogP contribution in [0.3, 0.4) is 0 Å². The lowest BCUT2D eigenvalue weighted by Crippen LogP contribution is -1.84. The van der Waals surface area contributed by atoms with E-state index in [1.807, 2.05) is 24.3 Å². The first-order valence-electron chi connectivity index (χ1n) is 5.06. The molecule has 0 N–H and O–H groups in total. The second-order valence-electron chi connectivity index (χ2n) is 3.41. The lowest BCUT2D eigenvalue weighted by Gasteiger charge is -2.05. The molecular weight excluding hydrogens is 210 g/mol. The summed E-state index contributed by atoms with van der Waals surface area (Å²) in [6.07, 6.45) is 5.26. The predicted molar refractivity (Wildman–Crippen MR) is 65.6 cm³/mol. The van der Waals surface area contributed by atoms with E-state index in [0.29, 0.717) is 17.1 Å². The molecule has 0 aliphatic heterocycles. The third kappa shape index (κ3) is 2.65. The van der Waals surface area contributed by atoms with Crippen molar-refractivity contribution < 1.29 is 4.74 Å². The largest absolute Gasteiger partial charge is 0.457 e. The zero-order chi connectivity index (χ0) is 12.1. The molecule has 0 bridgehead atoms. The van der Waals surface area contributed by atoms with Crippen LogP contribution in [-0.4, -0.2) is 0 Å². The maximum atomic E-state index is 8.67. The second kappa shape index (κ2) is 4.88. The van der Waals surface area contributed by atoms with E-state index in [1.165, 1.54) is 0 Å². The first-order chi connectivity index (χ1) is 8.31. The van der Waals surface area contributed by atoms with Gasteiger partial charge in [0.05, 0.1) is 11.6 Å². The van der Waals surface area contributed by atoms with Crippen LogP contribution < -0.4 is 4.74 Å². The monoisotopic (exact) mass is 219 g/mol. The van der Waals surface area contributed by atoms with Gasteiger partial charge in [-0.1, -0.05) is 5.92 Å². The maximum absolute atomic E-state index is 8.67. The van der Waals surface area contributed by atoms with Gasteiger partial charge in [-0.05, 0) is 48.5 Å². The Kier molecular flexibility index (Phi) is 3.10. The molecular formula is C15H9NO. The van der Waals surface area contributed by atoms with Crippen molar-refractivity contribution in [3.63, 3.8) is 0 Å². The molecule has 0 heterocycles. The molecule has 0 saturated heterocycles. The minimum atomic E-state index is 0.611. The van der Waals surface area contributed by atoms with Crippen molar-refractivity contribution in [3.8, 4) is 29.9 Å². The van der Waals surface area contributed by atoms with Gasteiger partial charge in [-0.15, -0.1) is 6.42 Å². The molecule has 2 heteroatoms. The van der Waals surface area contributed by atoms with Crippen LogP contribution in [0.5, 0.6) is 11.5 Å². The zero-order valence-electron chi connectivity index (χ0n) is 9.05. The highest BCUT2D eigenvalue weighted by Crippen LogP contribution is 2.21. The normalized spacial score (nSPS) is 9.06. The van der Waals surface area contributed by atoms with Crippen molar-refractivity contribution in [1.29, 1.82) is 5.26 Å². The molecule has 0 saturated carbocycles. The summed E-state index contributed by atoms with van der Waals surface area (Å²) in [6, 6.07) is 16.3. The maximum Gasteiger partial charge on any atom is 0.127 e. The molecule has 2 nitrogen and oxygen atoms in total. The molecule has 0 aliphatic carbocycles. The molecule has 0 radical (unpaired) electrons. The predicted octanol–water partition coefficient (Wildman–Crippen LogP) is 3.33. The van der Waals surface area contributed by atoms with Gasteiger partial charge < -0.3 is 4.74 Å². The summed E-state index contributed by atoms with van der Waals surface area (Å²) in [4.78, 5) is 0. The number of nitriles is 1. The third-order valence-corrected chi connectivity index (χ3v) is 2.24. The van der Waals surface area contributed by atoms with E-state index in [9.17, 15) is 0 Å². The van der Waals surface area contributed by atoms with Gasteiger partial charge in [0.25, 0.3) is 0 Å². The summed E-state index contributed by atoms with van der Waals surface area (Å²) in [5.74, 6) is 3.95. The number of rotatable bonds is 2. The highest BCUT2D eigenvalue weighted by molar-refractivity contribution is 5.40. The van der Waals surface area contributed by atoms with Gasteiger partial charge in [-0.2, -0.15) is 5.26 Å². The van der Waals surface area contributed by atoms with Gasteiger partial charge >= 0.3 is 0 Å². The smallest absolute Gasteiger partial charge is 0.127 e. The zero-order valence-corrected chi connectivity index (χ0v) is 9.05. The number of benzene rings is 2. The Hall–Kier alpha value is -2.71. The summed E-state index contributed by atoms with van der Waals surface area (Å²) in [6.45, 7) is 0. The lowest BCUT2D eigenvalue weighted by molar-refractivity contribution is 0.482. The van der Waals surface area contributed by atoms with Crippen LogP contribution in [0.4, 0.5) is 0 Å². The van der Waals surface area contributed by atoms with Gasteiger partial charge in [0, 0.05) is 5.56 Å². The molecule has 0 aromatic heterocycles. The number of ether oxygens (including phenoxy) is 1. The Morgan fingerprint density at radius 1 is 0.824 bits per heavy atom. The highest BCUT2D eigenvalue weighted by atomic mass is 16.5. The van der Waals surface area contributed by atoms with E-state index >= 15 is 0 Å². The Morgan fingerprint density at radius 3 is 1.71 bits per heavy atom. The van der Waals surface area contributed by atoms with Crippen LogP contribution >= 0.6 is 0 Å². The van der Waals surface area contributed by atoms with Crippen LogP contribution in [0.1, 0.15) is 11.1 Å². The van der Waals surface area contributed by atoms with Crippen LogP contribution in [-0.2, 0) is 0 Å². The number of nitrogens with zero attached hydrogens (tertiary/aromatic N) is 1. The Balaban J connectivity index is 2.14. The molecule has 0 aliphatic rings. The SMILES string of the molecule is C#Cc1ccc(Oc2ccc(C#N)cc2)cc1. The summed E-state index contributed by atoms with van der Waals surface area (Å²) >= 11 is 0. The summed E-state index contributed by atoms with van der Waals surface area (Å²) in [7, 11) is 0. The second-order valence-corrected chi connectivity index (χ2v) is 3.41. The van der Waals surface area contributed by atoms with E-state index < -0.39 is 0 Å². The third-order valence-electron chi connectivity index (χ3n) is 2.24. The van der Waals surface area contributed by atoms with Gasteiger partial charge in [0.15, 0.2) is 0 Å². The molecule has 17 heavy (non-hydrogen) atoms. The molecule has 0 amide bonds. The molecule has 0 atom stereocenters. The Bertz CT molecular complexity index is 527. The first kappa shape index (κ1) is 10.8. The number of hydrogen-bond acceptors (Lipinski definition) is 2. The molecule has 2 aromatic rings. The van der Waals surface area contributed by atoms with Gasteiger partial charge in [0.2, 0.25) is 0 Å². The minimum absolute atomic E-state index is 0.611. The average Bonchev–Trinajstić information content (AvgIpc) is 2.40.